The van der Waals surface area contributed by atoms with E-state index in [9.17, 15) is 9.18 Å². The van der Waals surface area contributed by atoms with E-state index in [4.69, 9.17) is 10.5 Å². The zero-order chi connectivity index (χ0) is 10.6. The Labute approximate surface area is 81.7 Å². The minimum Gasteiger partial charge on any atom is -0.383 e. The number of methoxy groups -OCH3 is 1. The van der Waals surface area contributed by atoms with Crippen LogP contribution in [0.4, 0.5) is 4.39 Å². The molecule has 1 aromatic rings. The van der Waals surface area contributed by atoms with Crippen molar-refractivity contribution < 1.29 is 13.9 Å². The van der Waals surface area contributed by atoms with E-state index in [0.29, 0.717) is 0 Å². The van der Waals surface area contributed by atoms with E-state index in [0.717, 1.165) is 0 Å². The Hall–Kier alpha value is -1.26. The van der Waals surface area contributed by atoms with Gasteiger partial charge in [0.1, 0.15) is 5.82 Å². The second-order valence-corrected chi connectivity index (χ2v) is 2.91. The fourth-order valence-corrected chi connectivity index (χ4v) is 1.12. The Balaban J connectivity index is 2.84. The maximum Gasteiger partial charge on any atom is 0.184 e. The summed E-state index contributed by atoms with van der Waals surface area (Å²) in [6.07, 6.45) is 0. The number of ketones is 1. The molecule has 0 radical (unpaired) electrons. The molecule has 0 bridgehead atoms. The minimum atomic E-state index is -0.808. The average molecular weight is 197 g/mol. The van der Waals surface area contributed by atoms with Crippen molar-refractivity contribution in [2.75, 3.05) is 13.7 Å². The zero-order valence-electron chi connectivity index (χ0n) is 7.87. The highest BCUT2D eigenvalue weighted by atomic mass is 19.1. The van der Waals surface area contributed by atoms with Gasteiger partial charge in [-0.15, -0.1) is 0 Å². The summed E-state index contributed by atoms with van der Waals surface area (Å²) in [5.74, 6) is -0.992. The van der Waals surface area contributed by atoms with Crippen molar-refractivity contribution in [1.82, 2.24) is 0 Å². The largest absolute Gasteiger partial charge is 0.383 e. The maximum atomic E-state index is 13.1. The molecule has 1 aromatic carbocycles. The van der Waals surface area contributed by atoms with E-state index in [1.165, 1.54) is 25.3 Å². The number of hydrogen-bond acceptors (Lipinski definition) is 3. The summed E-state index contributed by atoms with van der Waals surface area (Å²) in [5, 5.41) is 0. The van der Waals surface area contributed by atoms with Crippen LogP contribution in [0.5, 0.6) is 0 Å². The molecule has 0 saturated heterocycles. The third-order valence-electron chi connectivity index (χ3n) is 1.82. The lowest BCUT2D eigenvalue weighted by Crippen LogP contribution is -2.35. The molecule has 0 aromatic heterocycles. The molecule has 0 aliphatic heterocycles. The quantitative estimate of drug-likeness (QED) is 0.732. The van der Waals surface area contributed by atoms with Gasteiger partial charge in [0, 0.05) is 7.11 Å². The molecular formula is C10H12FNO2. The van der Waals surface area contributed by atoms with Crippen molar-refractivity contribution in [3.8, 4) is 0 Å². The second kappa shape index (κ2) is 4.83. The second-order valence-electron chi connectivity index (χ2n) is 2.91. The van der Waals surface area contributed by atoms with Crippen LogP contribution < -0.4 is 5.73 Å². The van der Waals surface area contributed by atoms with Crippen LogP contribution in [0.1, 0.15) is 10.4 Å². The molecule has 0 aliphatic rings. The van der Waals surface area contributed by atoms with Crippen LogP contribution in [0.2, 0.25) is 0 Å². The molecule has 0 heterocycles. The van der Waals surface area contributed by atoms with Crippen molar-refractivity contribution >= 4 is 5.78 Å². The summed E-state index contributed by atoms with van der Waals surface area (Å²) in [5.41, 5.74) is 5.50. The zero-order valence-corrected chi connectivity index (χ0v) is 7.87. The normalized spacial score (nSPS) is 12.5. The van der Waals surface area contributed by atoms with Gasteiger partial charge in [-0.2, -0.15) is 0 Å². The van der Waals surface area contributed by atoms with Gasteiger partial charge in [0.2, 0.25) is 0 Å². The minimum absolute atomic E-state index is 0.0112. The number of Topliss-reactive ketones (excluding diaryl/α,β-unsaturated/α-hetero) is 1. The molecule has 4 heteroatoms. The molecule has 76 valence electrons. The van der Waals surface area contributed by atoms with E-state index in [1.807, 2.05) is 0 Å². The van der Waals surface area contributed by atoms with Crippen molar-refractivity contribution in [3.63, 3.8) is 0 Å². The topological polar surface area (TPSA) is 52.3 Å². The Kier molecular flexibility index (Phi) is 3.73. The highest BCUT2D eigenvalue weighted by Crippen LogP contribution is 2.08. The van der Waals surface area contributed by atoms with Gasteiger partial charge in [0.25, 0.3) is 0 Å². The van der Waals surface area contributed by atoms with Gasteiger partial charge in [-0.1, -0.05) is 12.1 Å². The standard InChI is InChI=1S/C10H12FNO2/c1-14-6-9(12)10(13)7-4-2-3-5-8(7)11/h2-5,9H,6,12H2,1H3. The number of nitrogens with two attached hydrogens (primary N) is 1. The van der Waals surface area contributed by atoms with Crippen molar-refractivity contribution in [2.45, 2.75) is 6.04 Å². The lowest BCUT2D eigenvalue weighted by Gasteiger charge is -2.09. The van der Waals surface area contributed by atoms with Gasteiger partial charge in [-0.3, -0.25) is 4.79 Å². The first-order chi connectivity index (χ1) is 6.66. The Bertz CT molecular complexity index is 328. The summed E-state index contributed by atoms with van der Waals surface area (Å²) in [6, 6.07) is 4.95. The molecule has 0 aliphatic carbocycles. The monoisotopic (exact) mass is 197 g/mol. The van der Waals surface area contributed by atoms with E-state index < -0.39 is 17.6 Å². The van der Waals surface area contributed by atoms with E-state index >= 15 is 0 Å². The highest BCUT2D eigenvalue weighted by Gasteiger charge is 2.18. The number of carbonyl (C=O) groups is 1. The molecule has 1 atom stereocenters. The SMILES string of the molecule is COCC(N)C(=O)c1ccccc1F. The van der Waals surface area contributed by atoms with Crippen LogP contribution in [0.15, 0.2) is 24.3 Å². The van der Waals surface area contributed by atoms with Gasteiger partial charge in [-0.25, -0.2) is 4.39 Å². The molecule has 0 spiro atoms. The summed E-state index contributed by atoms with van der Waals surface area (Å²) < 4.78 is 17.8. The summed E-state index contributed by atoms with van der Waals surface area (Å²) in [4.78, 5) is 11.5. The number of rotatable bonds is 4. The smallest absolute Gasteiger partial charge is 0.184 e. The van der Waals surface area contributed by atoms with Crippen LogP contribution in [-0.2, 0) is 4.74 Å². The fourth-order valence-electron chi connectivity index (χ4n) is 1.12. The third-order valence-corrected chi connectivity index (χ3v) is 1.82. The lowest BCUT2D eigenvalue weighted by atomic mass is 10.1. The fraction of sp³-hybridized carbons (Fsp3) is 0.300. The average Bonchev–Trinajstić information content (AvgIpc) is 2.18. The van der Waals surface area contributed by atoms with Gasteiger partial charge in [-0.05, 0) is 12.1 Å². The Morgan fingerprint density at radius 1 is 1.57 bits per heavy atom. The van der Waals surface area contributed by atoms with Crippen molar-refractivity contribution in [1.29, 1.82) is 0 Å². The first-order valence-electron chi connectivity index (χ1n) is 4.20. The Morgan fingerprint density at radius 2 is 2.21 bits per heavy atom. The van der Waals surface area contributed by atoms with Crippen LogP contribution in [0, 0.1) is 5.82 Å². The highest BCUT2D eigenvalue weighted by molar-refractivity contribution is 6.00. The molecule has 0 fully saturated rings. The summed E-state index contributed by atoms with van der Waals surface area (Å²) in [7, 11) is 1.44. The number of hydrogen-bond donors (Lipinski definition) is 1. The van der Waals surface area contributed by atoms with Crippen LogP contribution in [0.3, 0.4) is 0 Å². The molecular weight excluding hydrogens is 185 g/mol. The van der Waals surface area contributed by atoms with Crippen LogP contribution in [-0.4, -0.2) is 25.5 Å². The maximum absolute atomic E-state index is 13.1. The third kappa shape index (κ3) is 2.37. The van der Waals surface area contributed by atoms with Crippen LogP contribution in [0.25, 0.3) is 0 Å². The molecule has 3 nitrogen and oxygen atoms in total. The molecule has 0 saturated carbocycles. The summed E-state index contributed by atoms with van der Waals surface area (Å²) in [6.45, 7) is 0.0904. The van der Waals surface area contributed by atoms with Crippen LogP contribution >= 0.6 is 0 Å². The van der Waals surface area contributed by atoms with Crippen molar-refractivity contribution in [2.24, 2.45) is 5.73 Å². The Morgan fingerprint density at radius 3 is 2.79 bits per heavy atom. The molecule has 14 heavy (non-hydrogen) atoms. The van der Waals surface area contributed by atoms with E-state index in [2.05, 4.69) is 0 Å². The van der Waals surface area contributed by atoms with Crippen molar-refractivity contribution in [3.05, 3.63) is 35.6 Å². The predicted octanol–water partition coefficient (Wildman–Crippen LogP) is 0.982. The number of benzene rings is 1. The first kappa shape index (κ1) is 10.8. The van der Waals surface area contributed by atoms with Gasteiger partial charge in [0.15, 0.2) is 5.78 Å². The van der Waals surface area contributed by atoms with E-state index in [1.54, 1.807) is 6.07 Å². The van der Waals surface area contributed by atoms with Gasteiger partial charge < -0.3 is 10.5 Å². The molecule has 0 amide bonds. The molecule has 2 N–H and O–H groups in total. The number of carbonyl (C=O) groups excluding carboxylic acids is 1. The first-order valence-corrected chi connectivity index (χ1v) is 4.20. The van der Waals surface area contributed by atoms with Gasteiger partial charge >= 0.3 is 0 Å². The molecule has 1 rings (SSSR count). The summed E-state index contributed by atoms with van der Waals surface area (Å²) >= 11 is 0. The number of halogens is 1. The molecule has 1 unspecified atom stereocenters. The van der Waals surface area contributed by atoms with Gasteiger partial charge in [0.05, 0.1) is 18.2 Å². The lowest BCUT2D eigenvalue weighted by molar-refractivity contribution is 0.0888. The number of ether oxygens (including phenoxy) is 1. The predicted molar refractivity (Wildman–Crippen MR) is 50.6 cm³/mol. The van der Waals surface area contributed by atoms with E-state index in [-0.39, 0.29) is 12.2 Å².